The summed E-state index contributed by atoms with van der Waals surface area (Å²) >= 11 is 1.82. The molecule has 0 saturated carbocycles. The Balaban J connectivity index is 2.08. The van der Waals surface area contributed by atoms with E-state index in [4.69, 9.17) is 5.26 Å². The van der Waals surface area contributed by atoms with E-state index in [1.165, 1.54) is 9.75 Å². The zero-order valence-corrected chi connectivity index (χ0v) is 11.5. The molecule has 0 amide bonds. The van der Waals surface area contributed by atoms with Crippen LogP contribution in [0.3, 0.4) is 0 Å². The average molecular weight is 256 g/mol. The van der Waals surface area contributed by atoms with Crippen LogP contribution in [0.25, 0.3) is 0 Å². The molecule has 0 aliphatic rings. The number of thiophene rings is 1. The number of nitrogens with one attached hydrogen (secondary N) is 1. The molecule has 0 aliphatic carbocycles. The summed E-state index contributed by atoms with van der Waals surface area (Å²) in [6.45, 7) is 4.94. The van der Waals surface area contributed by atoms with Gasteiger partial charge < -0.3 is 5.32 Å². The van der Waals surface area contributed by atoms with Crippen LogP contribution in [-0.4, -0.2) is 0 Å². The minimum absolute atomic E-state index is 0.710. The quantitative estimate of drug-likeness (QED) is 0.893. The number of hydrogen-bond donors (Lipinski definition) is 1. The summed E-state index contributed by atoms with van der Waals surface area (Å²) in [5.74, 6) is 0. The highest BCUT2D eigenvalue weighted by Crippen LogP contribution is 2.21. The lowest BCUT2D eigenvalue weighted by molar-refractivity contribution is 1.18. The molecule has 2 nitrogen and oxygen atoms in total. The van der Waals surface area contributed by atoms with Crippen LogP contribution in [0.4, 0.5) is 5.69 Å². The maximum atomic E-state index is 9.09. The molecule has 2 rings (SSSR count). The second-order valence-corrected chi connectivity index (χ2v) is 5.49. The van der Waals surface area contributed by atoms with Gasteiger partial charge in [0.2, 0.25) is 0 Å². The van der Waals surface area contributed by atoms with Gasteiger partial charge in [-0.3, -0.25) is 0 Å². The number of benzene rings is 1. The van der Waals surface area contributed by atoms with Crippen molar-refractivity contribution in [3.05, 3.63) is 51.2 Å². The first kappa shape index (κ1) is 12.7. The van der Waals surface area contributed by atoms with Crippen molar-refractivity contribution in [1.29, 1.82) is 5.26 Å². The van der Waals surface area contributed by atoms with E-state index in [2.05, 4.69) is 30.4 Å². The van der Waals surface area contributed by atoms with Crippen molar-refractivity contribution in [3.8, 4) is 6.07 Å². The van der Waals surface area contributed by atoms with Gasteiger partial charge in [0.1, 0.15) is 6.07 Å². The number of rotatable bonds is 4. The minimum atomic E-state index is 0.710. The van der Waals surface area contributed by atoms with E-state index in [-0.39, 0.29) is 0 Å². The van der Waals surface area contributed by atoms with Gasteiger partial charge in [0.25, 0.3) is 0 Å². The maximum absolute atomic E-state index is 9.09. The molecule has 92 valence electrons. The van der Waals surface area contributed by atoms with E-state index < -0.39 is 0 Å². The van der Waals surface area contributed by atoms with Gasteiger partial charge in [-0.1, -0.05) is 13.0 Å². The van der Waals surface area contributed by atoms with E-state index in [9.17, 15) is 0 Å². The Morgan fingerprint density at radius 1 is 1.22 bits per heavy atom. The fourth-order valence-corrected chi connectivity index (χ4v) is 2.69. The van der Waals surface area contributed by atoms with Gasteiger partial charge in [-0.2, -0.15) is 5.26 Å². The predicted octanol–water partition coefficient (Wildman–Crippen LogP) is 4.10. The summed E-state index contributed by atoms with van der Waals surface area (Å²) in [5, 5.41) is 12.4. The Bertz CT molecular complexity index is 578. The molecule has 0 radical (unpaired) electrons. The van der Waals surface area contributed by atoms with Gasteiger partial charge >= 0.3 is 0 Å². The van der Waals surface area contributed by atoms with Crippen LogP contribution in [0.1, 0.15) is 27.8 Å². The van der Waals surface area contributed by atoms with Crippen LogP contribution in [0.2, 0.25) is 0 Å². The molecule has 0 fully saturated rings. The molecule has 1 N–H and O–H groups in total. The van der Waals surface area contributed by atoms with Crippen molar-refractivity contribution < 1.29 is 0 Å². The molecule has 0 aliphatic heterocycles. The molecular formula is C15H16N2S. The van der Waals surface area contributed by atoms with Crippen molar-refractivity contribution in [2.75, 3.05) is 5.32 Å². The molecular weight excluding hydrogens is 240 g/mol. The van der Waals surface area contributed by atoms with Crippen molar-refractivity contribution in [3.63, 3.8) is 0 Å². The lowest BCUT2D eigenvalue weighted by Gasteiger charge is -2.07. The first-order valence-electron chi connectivity index (χ1n) is 6.05. The van der Waals surface area contributed by atoms with E-state index in [1.54, 1.807) is 0 Å². The van der Waals surface area contributed by atoms with Crippen LogP contribution < -0.4 is 5.32 Å². The zero-order chi connectivity index (χ0) is 13.0. The summed E-state index contributed by atoms with van der Waals surface area (Å²) in [6.07, 6.45) is 1.08. The highest BCUT2D eigenvalue weighted by Gasteiger charge is 2.03. The van der Waals surface area contributed by atoms with Gasteiger partial charge in [0, 0.05) is 16.3 Å². The van der Waals surface area contributed by atoms with Crippen LogP contribution in [-0.2, 0) is 13.0 Å². The topological polar surface area (TPSA) is 35.8 Å². The summed E-state index contributed by atoms with van der Waals surface area (Å²) in [5.41, 5.74) is 2.73. The normalized spacial score (nSPS) is 10.1. The Morgan fingerprint density at radius 2 is 2.00 bits per heavy atom. The van der Waals surface area contributed by atoms with Crippen molar-refractivity contribution in [2.24, 2.45) is 0 Å². The number of nitrogens with zero attached hydrogens (tertiary/aromatic N) is 1. The third-order valence-corrected chi connectivity index (χ3v) is 4.04. The highest BCUT2D eigenvalue weighted by atomic mass is 32.1. The number of aryl methyl sites for hydroxylation is 2. The van der Waals surface area contributed by atoms with Crippen molar-refractivity contribution >= 4 is 17.0 Å². The molecule has 0 unspecified atom stereocenters. The fourth-order valence-electron chi connectivity index (χ4n) is 1.79. The molecule has 1 aromatic carbocycles. The molecule has 0 saturated heterocycles. The molecule has 2 aromatic rings. The Morgan fingerprint density at radius 3 is 2.67 bits per heavy atom. The molecule has 0 atom stereocenters. The number of hydrogen-bond acceptors (Lipinski definition) is 3. The molecule has 3 heteroatoms. The van der Waals surface area contributed by atoms with E-state index in [0.717, 1.165) is 24.2 Å². The van der Waals surface area contributed by atoms with E-state index in [0.29, 0.717) is 5.56 Å². The highest BCUT2D eigenvalue weighted by molar-refractivity contribution is 7.12. The molecule has 0 bridgehead atoms. The molecule has 1 heterocycles. The first-order chi connectivity index (χ1) is 8.72. The summed E-state index contributed by atoms with van der Waals surface area (Å²) in [6, 6.07) is 12.5. The molecule has 0 spiro atoms. The third-order valence-electron chi connectivity index (χ3n) is 2.81. The smallest absolute Gasteiger partial charge is 0.101 e. The van der Waals surface area contributed by atoms with Crippen molar-refractivity contribution in [1.82, 2.24) is 0 Å². The van der Waals surface area contributed by atoms with Gasteiger partial charge in [0.15, 0.2) is 0 Å². The standard InChI is InChI=1S/C15H16N2S/c1-3-13-5-6-14(18-13)10-17-15-7-4-11(2)8-12(15)9-16/h4-8,17H,3,10H2,1-2H3. The summed E-state index contributed by atoms with van der Waals surface area (Å²) < 4.78 is 0. The Labute approximate surface area is 112 Å². The Kier molecular flexibility index (Phi) is 4.01. The monoisotopic (exact) mass is 256 g/mol. The fraction of sp³-hybridized carbons (Fsp3) is 0.267. The summed E-state index contributed by atoms with van der Waals surface area (Å²) in [4.78, 5) is 2.70. The Hall–Kier alpha value is -1.79. The maximum Gasteiger partial charge on any atom is 0.101 e. The first-order valence-corrected chi connectivity index (χ1v) is 6.86. The van der Waals surface area contributed by atoms with Crippen LogP contribution in [0.5, 0.6) is 0 Å². The number of nitriles is 1. The van der Waals surface area contributed by atoms with Crippen LogP contribution in [0.15, 0.2) is 30.3 Å². The largest absolute Gasteiger partial charge is 0.379 e. The van der Waals surface area contributed by atoms with Crippen LogP contribution >= 0.6 is 11.3 Å². The van der Waals surface area contributed by atoms with Gasteiger partial charge in [-0.25, -0.2) is 0 Å². The van der Waals surface area contributed by atoms with Gasteiger partial charge in [-0.05, 0) is 43.2 Å². The van der Waals surface area contributed by atoms with E-state index in [1.807, 2.05) is 36.5 Å². The minimum Gasteiger partial charge on any atom is -0.379 e. The van der Waals surface area contributed by atoms with Gasteiger partial charge in [-0.15, -0.1) is 11.3 Å². The SMILES string of the molecule is CCc1ccc(CNc2ccc(C)cc2C#N)s1. The van der Waals surface area contributed by atoms with Crippen molar-refractivity contribution in [2.45, 2.75) is 26.8 Å². The number of anilines is 1. The second-order valence-electron chi connectivity index (χ2n) is 4.24. The lowest BCUT2D eigenvalue weighted by Crippen LogP contribution is -1.99. The second kappa shape index (κ2) is 5.70. The van der Waals surface area contributed by atoms with E-state index >= 15 is 0 Å². The van der Waals surface area contributed by atoms with Crippen LogP contribution in [0, 0.1) is 18.3 Å². The summed E-state index contributed by atoms with van der Waals surface area (Å²) in [7, 11) is 0. The molecule has 18 heavy (non-hydrogen) atoms. The zero-order valence-electron chi connectivity index (χ0n) is 10.7. The average Bonchev–Trinajstić information content (AvgIpc) is 2.85. The van der Waals surface area contributed by atoms with Gasteiger partial charge in [0.05, 0.1) is 11.3 Å². The lowest BCUT2D eigenvalue weighted by atomic mass is 10.1. The third kappa shape index (κ3) is 2.91. The predicted molar refractivity (Wildman–Crippen MR) is 76.9 cm³/mol. The molecule has 1 aromatic heterocycles.